The number of carbonyl (C=O) groups excluding carboxylic acids is 1. The number of aliphatic hydroxyl groups is 1. The molecule has 0 heterocycles. The van der Waals surface area contributed by atoms with Crippen LogP contribution in [0.25, 0.3) is 0 Å². The Morgan fingerprint density at radius 2 is 1.93 bits per heavy atom. The van der Waals surface area contributed by atoms with Gasteiger partial charge in [0, 0.05) is 36.1 Å². The molecule has 0 aliphatic heterocycles. The van der Waals surface area contributed by atoms with E-state index in [9.17, 15) is 9.90 Å². The fourth-order valence-corrected chi connectivity index (χ4v) is 4.60. The highest BCUT2D eigenvalue weighted by Gasteiger charge is 2.27. The minimum absolute atomic E-state index is 0.0704. The average Bonchev–Trinajstić information content (AvgIpc) is 2.93. The molecule has 3 aliphatic rings. The Hall–Kier alpha value is -2.53. The van der Waals surface area contributed by atoms with Gasteiger partial charge in [-0.25, -0.2) is 0 Å². The molecular formula is C25H33N3O2. The number of hydrogen-bond donors (Lipinski definition) is 4. The van der Waals surface area contributed by atoms with E-state index in [0.717, 1.165) is 37.7 Å². The lowest BCUT2D eigenvalue weighted by Gasteiger charge is -2.28. The minimum atomic E-state index is -0.621. The van der Waals surface area contributed by atoms with Crippen LogP contribution >= 0.6 is 0 Å². The molecule has 3 atom stereocenters. The molecule has 0 spiro atoms. The number of hydrogen-bond acceptors (Lipinski definition) is 4. The molecule has 0 bridgehead atoms. The first-order valence-corrected chi connectivity index (χ1v) is 10.9. The van der Waals surface area contributed by atoms with Crippen molar-refractivity contribution in [2.75, 3.05) is 0 Å². The van der Waals surface area contributed by atoms with Gasteiger partial charge in [0.1, 0.15) is 0 Å². The van der Waals surface area contributed by atoms with Crippen molar-refractivity contribution in [3.05, 3.63) is 60.3 Å². The topological polar surface area (TPSA) is 111 Å². The molecular weight excluding hydrogens is 374 g/mol. The third-order valence-corrected chi connectivity index (χ3v) is 6.42. The number of primary amides is 1. The summed E-state index contributed by atoms with van der Waals surface area (Å²) in [7, 11) is 0. The third kappa shape index (κ3) is 6.23. The monoisotopic (exact) mass is 407 g/mol. The molecule has 5 heteroatoms. The van der Waals surface area contributed by atoms with Gasteiger partial charge >= 0.3 is 0 Å². The van der Waals surface area contributed by atoms with E-state index in [0.29, 0.717) is 29.7 Å². The van der Waals surface area contributed by atoms with Gasteiger partial charge in [-0.1, -0.05) is 48.6 Å². The summed E-state index contributed by atoms with van der Waals surface area (Å²) in [6.45, 7) is 0. The maximum Gasteiger partial charge on any atom is 0.220 e. The van der Waals surface area contributed by atoms with E-state index in [2.05, 4.69) is 42.5 Å². The molecule has 3 aliphatic carbocycles. The lowest BCUT2D eigenvalue weighted by Crippen LogP contribution is -2.31. The lowest BCUT2D eigenvalue weighted by atomic mass is 9.79. The average molecular weight is 408 g/mol. The van der Waals surface area contributed by atoms with Gasteiger partial charge < -0.3 is 21.7 Å². The van der Waals surface area contributed by atoms with Crippen molar-refractivity contribution in [3.8, 4) is 0 Å². The quantitative estimate of drug-likeness (QED) is 0.451. The summed E-state index contributed by atoms with van der Waals surface area (Å²) in [4.78, 5) is 11.3. The van der Waals surface area contributed by atoms with Crippen LogP contribution in [0.2, 0.25) is 0 Å². The number of rotatable bonds is 8. The first-order valence-electron chi connectivity index (χ1n) is 10.9. The highest BCUT2D eigenvalue weighted by Crippen LogP contribution is 2.31. The number of carbonyl (C=O) groups is 1. The Bertz CT molecular complexity index is 810. The first-order chi connectivity index (χ1) is 14.4. The van der Waals surface area contributed by atoms with Gasteiger partial charge in [0.25, 0.3) is 0 Å². The lowest BCUT2D eigenvalue weighted by molar-refractivity contribution is -0.123. The normalized spacial score (nSPS) is 29.2. The van der Waals surface area contributed by atoms with Gasteiger partial charge in [-0.05, 0) is 55.6 Å². The highest BCUT2D eigenvalue weighted by molar-refractivity contribution is 6.07. The van der Waals surface area contributed by atoms with Crippen LogP contribution in [0.1, 0.15) is 44.9 Å². The van der Waals surface area contributed by atoms with Crippen LogP contribution in [0.15, 0.2) is 60.3 Å². The number of nitrogens with two attached hydrogens (primary N) is 1. The van der Waals surface area contributed by atoms with E-state index < -0.39 is 6.10 Å². The Balaban J connectivity index is 1.46. The third-order valence-electron chi connectivity index (χ3n) is 6.42. The molecule has 5 N–H and O–H groups in total. The molecule has 5 nitrogen and oxygen atoms in total. The standard InChI is InChI=1S/C25H33N3O2/c26-22(12-13-24(29)19-8-10-20(11-9-19)25(28)30)16-23(27)15-17-4-3-7-18-5-1-2-6-21(18)14-17/h1-6,12-14,18-21,24,26-27,29H,7-11,15-16H2,(H2,28,30)/b13-12+,26-22?,27-23?. The van der Waals surface area contributed by atoms with Crippen LogP contribution < -0.4 is 5.73 Å². The van der Waals surface area contributed by atoms with Gasteiger partial charge in [0.15, 0.2) is 0 Å². The second-order valence-electron chi connectivity index (χ2n) is 8.74. The van der Waals surface area contributed by atoms with E-state index in [4.69, 9.17) is 16.6 Å². The first kappa shape index (κ1) is 22.2. The smallest absolute Gasteiger partial charge is 0.220 e. The zero-order valence-corrected chi connectivity index (χ0v) is 17.5. The van der Waals surface area contributed by atoms with Crippen LogP contribution in [-0.2, 0) is 4.79 Å². The van der Waals surface area contributed by atoms with Crippen molar-refractivity contribution >= 4 is 17.3 Å². The van der Waals surface area contributed by atoms with Crippen LogP contribution in [0.3, 0.4) is 0 Å². The molecule has 1 saturated carbocycles. The van der Waals surface area contributed by atoms with Gasteiger partial charge in [0.2, 0.25) is 5.91 Å². The second kappa shape index (κ2) is 10.5. The van der Waals surface area contributed by atoms with Crippen molar-refractivity contribution in [2.45, 2.75) is 51.0 Å². The SMILES string of the molecule is N=C(/C=C/C(O)C1CCC(C(N)=O)CC1)CC(=N)CC1=CC2C=CC=CC2CC=C1. The predicted octanol–water partition coefficient (Wildman–Crippen LogP) is 4.26. The Kier molecular flexibility index (Phi) is 7.75. The number of nitrogens with one attached hydrogen (secondary N) is 2. The zero-order valence-electron chi connectivity index (χ0n) is 17.5. The summed E-state index contributed by atoms with van der Waals surface area (Å²) >= 11 is 0. The van der Waals surface area contributed by atoms with Crippen molar-refractivity contribution < 1.29 is 9.90 Å². The molecule has 3 rings (SSSR count). The number of fused-ring (bicyclic) bond motifs is 1. The van der Waals surface area contributed by atoms with Gasteiger partial charge in [-0.2, -0.15) is 0 Å². The summed E-state index contributed by atoms with van der Waals surface area (Å²) in [5, 5.41) is 26.9. The molecule has 0 radical (unpaired) electrons. The predicted molar refractivity (Wildman–Crippen MR) is 122 cm³/mol. The molecule has 0 saturated heterocycles. The minimum Gasteiger partial charge on any atom is -0.389 e. The fraction of sp³-hybridized carbons (Fsp3) is 0.480. The molecule has 0 aromatic heterocycles. The number of aliphatic hydroxyl groups excluding tert-OH is 1. The van der Waals surface area contributed by atoms with Gasteiger partial charge in [0.05, 0.1) is 6.10 Å². The summed E-state index contributed by atoms with van der Waals surface area (Å²) in [5.74, 6) is 0.671. The molecule has 160 valence electrons. The maximum absolute atomic E-state index is 11.3. The van der Waals surface area contributed by atoms with E-state index in [-0.39, 0.29) is 24.2 Å². The molecule has 1 amide bonds. The number of allylic oxidation sites excluding steroid dienone is 9. The molecule has 0 aromatic carbocycles. The summed E-state index contributed by atoms with van der Waals surface area (Å²) in [6, 6.07) is 0. The van der Waals surface area contributed by atoms with Crippen LogP contribution in [0, 0.1) is 34.5 Å². The van der Waals surface area contributed by atoms with Gasteiger partial charge in [-0.3, -0.25) is 4.79 Å². The zero-order chi connectivity index (χ0) is 21.5. The number of amides is 1. The van der Waals surface area contributed by atoms with Crippen molar-refractivity contribution in [1.82, 2.24) is 0 Å². The highest BCUT2D eigenvalue weighted by atomic mass is 16.3. The second-order valence-corrected chi connectivity index (χ2v) is 8.74. The van der Waals surface area contributed by atoms with E-state index in [1.807, 2.05) is 0 Å². The van der Waals surface area contributed by atoms with Crippen molar-refractivity contribution in [2.24, 2.45) is 29.4 Å². The van der Waals surface area contributed by atoms with E-state index in [1.54, 1.807) is 12.2 Å². The molecule has 30 heavy (non-hydrogen) atoms. The van der Waals surface area contributed by atoms with Crippen LogP contribution in [0.4, 0.5) is 0 Å². The van der Waals surface area contributed by atoms with Crippen molar-refractivity contribution in [1.29, 1.82) is 10.8 Å². The van der Waals surface area contributed by atoms with Crippen LogP contribution in [0.5, 0.6) is 0 Å². The molecule has 3 unspecified atom stereocenters. The Labute approximate surface area is 179 Å². The van der Waals surface area contributed by atoms with E-state index >= 15 is 0 Å². The maximum atomic E-state index is 11.3. The summed E-state index contributed by atoms with van der Waals surface area (Å²) in [5.41, 5.74) is 7.34. The Morgan fingerprint density at radius 3 is 2.67 bits per heavy atom. The molecule has 1 fully saturated rings. The molecule has 0 aromatic rings. The van der Waals surface area contributed by atoms with Gasteiger partial charge in [-0.15, -0.1) is 0 Å². The fourth-order valence-electron chi connectivity index (χ4n) is 4.60. The van der Waals surface area contributed by atoms with Crippen molar-refractivity contribution in [3.63, 3.8) is 0 Å². The largest absolute Gasteiger partial charge is 0.389 e. The van der Waals surface area contributed by atoms with Crippen LogP contribution in [-0.4, -0.2) is 28.5 Å². The van der Waals surface area contributed by atoms with E-state index in [1.165, 1.54) is 0 Å². The Morgan fingerprint density at radius 1 is 1.20 bits per heavy atom. The summed E-state index contributed by atoms with van der Waals surface area (Å²) < 4.78 is 0. The summed E-state index contributed by atoms with van der Waals surface area (Å²) in [6.07, 6.45) is 22.7.